The lowest BCUT2D eigenvalue weighted by molar-refractivity contribution is 0.599. The second-order valence-electron chi connectivity index (χ2n) is 10.2. The van der Waals surface area contributed by atoms with Crippen LogP contribution in [0.2, 0.25) is 0 Å². The Kier molecular flexibility index (Phi) is 8.33. The van der Waals surface area contributed by atoms with Crippen LogP contribution in [0.3, 0.4) is 0 Å². The molecule has 0 saturated heterocycles. The van der Waals surface area contributed by atoms with E-state index in [0.717, 1.165) is 44.8 Å². The van der Waals surface area contributed by atoms with Crippen LogP contribution in [0, 0.1) is 0 Å². The van der Waals surface area contributed by atoms with Crippen molar-refractivity contribution in [3.63, 3.8) is 0 Å². The fourth-order valence-corrected chi connectivity index (χ4v) is 8.82. The summed E-state index contributed by atoms with van der Waals surface area (Å²) in [5.41, 5.74) is 6.34. The lowest BCUT2D eigenvalue weighted by atomic mass is 10.0. The maximum absolute atomic E-state index is 13.7. The van der Waals surface area contributed by atoms with E-state index in [9.17, 15) is 8.42 Å². The van der Waals surface area contributed by atoms with E-state index >= 15 is 0 Å². The van der Waals surface area contributed by atoms with Crippen LogP contribution < -0.4 is 0 Å². The molecule has 2 nitrogen and oxygen atoms in total. The highest BCUT2D eigenvalue weighted by Crippen LogP contribution is 2.46. The SMILES string of the molecule is CCCCCCc1csc(-c2ccc3c(c2)S(=O)(=O)c2cc(-c4cc(CCCCCC)cs4)ccc2-3)c1. The number of unbranched alkanes of at least 4 members (excludes halogenated alkanes) is 6. The molecule has 0 fully saturated rings. The summed E-state index contributed by atoms with van der Waals surface area (Å²) < 4.78 is 27.3. The zero-order chi connectivity index (χ0) is 25.8. The quantitative estimate of drug-likeness (QED) is 0.145. The van der Waals surface area contributed by atoms with Gasteiger partial charge in [-0.15, -0.1) is 22.7 Å². The van der Waals surface area contributed by atoms with Crippen LogP contribution in [-0.4, -0.2) is 8.42 Å². The number of rotatable bonds is 12. The van der Waals surface area contributed by atoms with E-state index in [2.05, 4.69) is 48.9 Å². The zero-order valence-electron chi connectivity index (χ0n) is 21.9. The van der Waals surface area contributed by atoms with Crippen molar-refractivity contribution in [2.45, 2.75) is 87.8 Å². The Morgan fingerprint density at radius 3 is 1.49 bits per heavy atom. The first-order chi connectivity index (χ1) is 18.0. The standard InChI is InChI=1S/C32H36O2S3/c1-3-5-7-9-11-23-17-29(35-21-23)25-13-15-27-28-16-14-26(20-32(28)37(33,34)31(27)19-25)30-18-24(22-36-30)12-10-8-6-4-2/h13-22H,3-12H2,1-2H3. The van der Waals surface area contributed by atoms with Gasteiger partial charge < -0.3 is 0 Å². The molecule has 0 radical (unpaired) electrons. The van der Waals surface area contributed by atoms with Crippen molar-refractivity contribution in [3.05, 3.63) is 70.4 Å². The number of thiophene rings is 2. The third kappa shape index (κ3) is 5.64. The van der Waals surface area contributed by atoms with Crippen LogP contribution in [0.25, 0.3) is 32.0 Å². The summed E-state index contributed by atoms with van der Waals surface area (Å²) in [5.74, 6) is 0. The monoisotopic (exact) mass is 548 g/mol. The molecule has 0 atom stereocenters. The highest BCUT2D eigenvalue weighted by Gasteiger charge is 2.33. The molecule has 194 valence electrons. The van der Waals surface area contributed by atoms with Gasteiger partial charge >= 0.3 is 0 Å². The van der Waals surface area contributed by atoms with Gasteiger partial charge in [0.2, 0.25) is 9.84 Å². The number of hydrogen-bond acceptors (Lipinski definition) is 4. The molecule has 4 aromatic rings. The summed E-state index contributed by atoms with van der Waals surface area (Å²) in [6.45, 7) is 4.47. The van der Waals surface area contributed by atoms with Crippen LogP contribution >= 0.6 is 22.7 Å². The summed E-state index contributed by atoms with van der Waals surface area (Å²) in [5, 5.41) is 4.45. The number of fused-ring (bicyclic) bond motifs is 3. The lowest BCUT2D eigenvalue weighted by Gasteiger charge is -2.03. The first-order valence-corrected chi connectivity index (χ1v) is 16.9. The van der Waals surface area contributed by atoms with Crippen molar-refractivity contribution >= 4 is 32.5 Å². The molecular weight excluding hydrogens is 513 g/mol. The Balaban J connectivity index is 1.36. The van der Waals surface area contributed by atoms with Crippen molar-refractivity contribution in [3.8, 4) is 32.0 Å². The van der Waals surface area contributed by atoms with E-state index in [-0.39, 0.29) is 0 Å². The molecule has 0 amide bonds. The molecule has 0 aliphatic carbocycles. The Morgan fingerprint density at radius 1 is 0.595 bits per heavy atom. The van der Waals surface area contributed by atoms with Crippen LogP contribution in [0.5, 0.6) is 0 Å². The van der Waals surface area contributed by atoms with E-state index in [1.165, 1.54) is 62.5 Å². The molecule has 1 aliphatic rings. The molecule has 0 spiro atoms. The largest absolute Gasteiger partial charge is 0.218 e. The molecule has 5 rings (SSSR count). The second-order valence-corrected chi connectivity index (χ2v) is 13.9. The fraction of sp³-hybridized carbons (Fsp3) is 0.375. The third-order valence-electron chi connectivity index (χ3n) is 7.35. The minimum absolute atomic E-state index is 0.442. The molecule has 0 unspecified atom stereocenters. The normalized spacial score (nSPS) is 13.6. The van der Waals surface area contributed by atoms with Crippen molar-refractivity contribution < 1.29 is 8.42 Å². The van der Waals surface area contributed by atoms with Gasteiger partial charge in [-0.2, -0.15) is 0 Å². The molecule has 0 N–H and O–H groups in total. The van der Waals surface area contributed by atoms with Gasteiger partial charge in [0.05, 0.1) is 9.79 Å². The van der Waals surface area contributed by atoms with E-state index in [1.807, 2.05) is 24.3 Å². The smallest absolute Gasteiger partial charge is 0.207 e. The maximum Gasteiger partial charge on any atom is 0.207 e. The predicted octanol–water partition coefficient (Wildman–Crippen LogP) is 10.2. The Hall–Kier alpha value is -2.21. The van der Waals surface area contributed by atoms with Crippen LogP contribution in [0.15, 0.2) is 69.1 Å². The van der Waals surface area contributed by atoms with E-state index in [0.29, 0.717) is 9.79 Å². The first kappa shape index (κ1) is 26.4. The molecule has 2 aromatic carbocycles. The van der Waals surface area contributed by atoms with E-state index < -0.39 is 9.84 Å². The van der Waals surface area contributed by atoms with Gasteiger partial charge in [-0.25, -0.2) is 8.42 Å². The molecule has 5 heteroatoms. The minimum atomic E-state index is -3.54. The van der Waals surface area contributed by atoms with Gasteiger partial charge in [-0.05, 0) is 83.0 Å². The molecule has 0 saturated carbocycles. The first-order valence-electron chi connectivity index (χ1n) is 13.7. The summed E-state index contributed by atoms with van der Waals surface area (Å²) in [6, 6.07) is 16.4. The lowest BCUT2D eigenvalue weighted by Crippen LogP contribution is -1.97. The van der Waals surface area contributed by atoms with Gasteiger partial charge in [0, 0.05) is 20.9 Å². The van der Waals surface area contributed by atoms with Gasteiger partial charge in [-0.1, -0.05) is 76.6 Å². The Bertz CT molecular complexity index is 1370. The van der Waals surface area contributed by atoms with Crippen LogP contribution in [-0.2, 0) is 22.7 Å². The van der Waals surface area contributed by atoms with Crippen molar-refractivity contribution in [1.29, 1.82) is 0 Å². The van der Waals surface area contributed by atoms with Crippen molar-refractivity contribution in [2.75, 3.05) is 0 Å². The summed E-state index contributed by atoms with van der Waals surface area (Å²) in [6.07, 6.45) is 12.2. The molecule has 0 bridgehead atoms. The summed E-state index contributed by atoms with van der Waals surface area (Å²) >= 11 is 3.43. The predicted molar refractivity (Wildman–Crippen MR) is 160 cm³/mol. The van der Waals surface area contributed by atoms with Crippen molar-refractivity contribution in [1.82, 2.24) is 0 Å². The second kappa shape index (κ2) is 11.7. The molecule has 37 heavy (non-hydrogen) atoms. The number of sulfone groups is 1. The number of benzene rings is 2. The minimum Gasteiger partial charge on any atom is -0.218 e. The van der Waals surface area contributed by atoms with Crippen LogP contribution in [0.1, 0.15) is 76.3 Å². The third-order valence-corrected chi connectivity index (χ3v) is 11.2. The highest BCUT2D eigenvalue weighted by molar-refractivity contribution is 7.92. The van der Waals surface area contributed by atoms with Crippen LogP contribution in [0.4, 0.5) is 0 Å². The highest BCUT2D eigenvalue weighted by atomic mass is 32.2. The van der Waals surface area contributed by atoms with Gasteiger partial charge in [0.1, 0.15) is 0 Å². The summed E-state index contributed by atoms with van der Waals surface area (Å²) in [7, 11) is -3.54. The van der Waals surface area contributed by atoms with Gasteiger partial charge in [-0.3, -0.25) is 0 Å². The number of aryl methyl sites for hydroxylation is 2. The molecule has 3 heterocycles. The van der Waals surface area contributed by atoms with E-state index in [4.69, 9.17) is 0 Å². The van der Waals surface area contributed by atoms with Gasteiger partial charge in [0.15, 0.2) is 0 Å². The molecule has 2 aromatic heterocycles. The van der Waals surface area contributed by atoms with E-state index in [1.54, 1.807) is 22.7 Å². The molecular formula is C32H36O2S3. The topological polar surface area (TPSA) is 34.1 Å². The van der Waals surface area contributed by atoms with Gasteiger partial charge in [0.25, 0.3) is 0 Å². The molecule has 1 aliphatic heterocycles. The van der Waals surface area contributed by atoms with Crippen molar-refractivity contribution in [2.24, 2.45) is 0 Å². The zero-order valence-corrected chi connectivity index (χ0v) is 24.3. The Morgan fingerprint density at radius 2 is 1.05 bits per heavy atom. The number of hydrogen-bond donors (Lipinski definition) is 0. The average molecular weight is 549 g/mol. The fourth-order valence-electron chi connectivity index (χ4n) is 5.19. The Labute approximate surface area is 230 Å². The summed E-state index contributed by atoms with van der Waals surface area (Å²) in [4.78, 5) is 3.17. The maximum atomic E-state index is 13.7. The average Bonchev–Trinajstić information content (AvgIpc) is 3.63.